The Labute approximate surface area is 126 Å². The normalized spacial score (nSPS) is 10.5. The second-order valence-electron chi connectivity index (χ2n) is 4.50. The summed E-state index contributed by atoms with van der Waals surface area (Å²) < 4.78 is 0. The summed E-state index contributed by atoms with van der Waals surface area (Å²) in [5.41, 5.74) is 12.4. The number of hydrogen-bond acceptors (Lipinski definition) is 3. The van der Waals surface area contributed by atoms with Gasteiger partial charge in [-0.25, -0.2) is 4.98 Å². The third-order valence-corrected chi connectivity index (χ3v) is 3.21. The monoisotopic (exact) mass is 296 g/mol. The topological polar surface area (TPSA) is 80.0 Å². The van der Waals surface area contributed by atoms with Crippen molar-refractivity contribution in [1.82, 2.24) is 15.8 Å². The van der Waals surface area contributed by atoms with Crippen LogP contribution >= 0.6 is 12.2 Å². The molecule has 1 aromatic heterocycles. The molecule has 0 spiro atoms. The maximum absolute atomic E-state index is 12.2. The number of rotatable bonds is 1. The van der Waals surface area contributed by atoms with Gasteiger partial charge in [0, 0.05) is 10.8 Å². The molecule has 4 N–H and O–H groups in total. The molecule has 3 aromatic rings. The number of para-hydroxylation sites is 1. The summed E-state index contributed by atoms with van der Waals surface area (Å²) in [5.74, 6) is -0.314. The summed E-state index contributed by atoms with van der Waals surface area (Å²) in [7, 11) is 0. The molecule has 0 aliphatic rings. The lowest BCUT2D eigenvalue weighted by Gasteiger charge is -2.09. The fraction of sp³-hybridized carbons (Fsp3) is 0. The standard InChI is InChI=1S/C15H12N4OS/c16-15(21)19-18-14(20)10-5-3-7-13-11(10)8-9-4-1-2-6-12(9)17-13/h1-8H,(H,18,20)(H3,16,19,21). The van der Waals surface area contributed by atoms with E-state index in [4.69, 9.17) is 5.73 Å². The number of amides is 1. The van der Waals surface area contributed by atoms with Crippen LogP contribution in [-0.4, -0.2) is 16.0 Å². The van der Waals surface area contributed by atoms with Gasteiger partial charge in [0.25, 0.3) is 5.91 Å². The first-order chi connectivity index (χ1) is 10.1. The first-order valence-corrected chi connectivity index (χ1v) is 6.70. The summed E-state index contributed by atoms with van der Waals surface area (Å²) in [6.45, 7) is 0. The van der Waals surface area contributed by atoms with Gasteiger partial charge in [-0.05, 0) is 36.5 Å². The van der Waals surface area contributed by atoms with E-state index in [-0.39, 0.29) is 11.0 Å². The van der Waals surface area contributed by atoms with Crippen LogP contribution in [0.3, 0.4) is 0 Å². The molecule has 0 atom stereocenters. The van der Waals surface area contributed by atoms with Gasteiger partial charge in [-0.3, -0.25) is 15.6 Å². The van der Waals surface area contributed by atoms with Gasteiger partial charge in [-0.2, -0.15) is 0 Å². The first-order valence-electron chi connectivity index (χ1n) is 6.29. The number of benzene rings is 2. The minimum Gasteiger partial charge on any atom is -0.375 e. The van der Waals surface area contributed by atoms with Crippen LogP contribution in [0, 0.1) is 0 Å². The second-order valence-corrected chi connectivity index (χ2v) is 4.94. The Morgan fingerprint density at radius 3 is 2.62 bits per heavy atom. The molecule has 0 unspecified atom stereocenters. The van der Waals surface area contributed by atoms with E-state index in [1.165, 1.54) is 0 Å². The fourth-order valence-corrected chi connectivity index (χ4v) is 2.23. The van der Waals surface area contributed by atoms with E-state index in [1.54, 1.807) is 12.1 Å². The Bertz CT molecular complexity index is 863. The smallest absolute Gasteiger partial charge is 0.270 e. The lowest BCUT2D eigenvalue weighted by molar-refractivity contribution is 0.0945. The van der Waals surface area contributed by atoms with Gasteiger partial charge in [-0.15, -0.1) is 0 Å². The van der Waals surface area contributed by atoms with Gasteiger partial charge in [0.2, 0.25) is 0 Å². The van der Waals surface area contributed by atoms with E-state index in [0.717, 1.165) is 21.8 Å². The first kappa shape index (κ1) is 13.3. The number of pyridine rings is 1. The summed E-state index contributed by atoms with van der Waals surface area (Å²) in [6, 6.07) is 15.1. The molecule has 3 rings (SSSR count). The SMILES string of the molecule is NC(=S)NNC(=O)c1cccc2nc3ccccc3cc12. The zero-order chi connectivity index (χ0) is 14.8. The van der Waals surface area contributed by atoms with Crippen molar-refractivity contribution in [2.75, 3.05) is 0 Å². The molecule has 5 nitrogen and oxygen atoms in total. The van der Waals surface area contributed by atoms with Crippen LogP contribution < -0.4 is 16.6 Å². The molecule has 0 fully saturated rings. The second kappa shape index (κ2) is 5.34. The Balaban J connectivity index is 2.12. The van der Waals surface area contributed by atoms with Crippen molar-refractivity contribution in [2.45, 2.75) is 0 Å². The van der Waals surface area contributed by atoms with E-state index in [0.29, 0.717) is 5.56 Å². The van der Waals surface area contributed by atoms with Crippen molar-refractivity contribution >= 4 is 45.0 Å². The van der Waals surface area contributed by atoms with Gasteiger partial charge < -0.3 is 5.73 Å². The molecule has 1 heterocycles. The summed E-state index contributed by atoms with van der Waals surface area (Å²) in [5, 5.41) is 1.76. The molecule has 0 saturated heterocycles. The molecule has 21 heavy (non-hydrogen) atoms. The van der Waals surface area contributed by atoms with Gasteiger partial charge in [0.1, 0.15) is 0 Å². The predicted octanol–water partition coefficient (Wildman–Crippen LogP) is 1.87. The van der Waals surface area contributed by atoms with Crippen LogP contribution in [-0.2, 0) is 0 Å². The lowest BCUT2D eigenvalue weighted by Crippen LogP contribution is -2.44. The molecule has 0 radical (unpaired) electrons. The molecule has 0 saturated carbocycles. The number of carbonyl (C=O) groups is 1. The maximum Gasteiger partial charge on any atom is 0.270 e. The average Bonchev–Trinajstić information content (AvgIpc) is 2.50. The largest absolute Gasteiger partial charge is 0.375 e. The Morgan fingerprint density at radius 1 is 1.05 bits per heavy atom. The zero-order valence-electron chi connectivity index (χ0n) is 11.0. The van der Waals surface area contributed by atoms with E-state index >= 15 is 0 Å². The number of thiocarbonyl (C=S) groups is 1. The quantitative estimate of drug-likeness (QED) is 0.363. The van der Waals surface area contributed by atoms with Crippen LogP contribution in [0.15, 0.2) is 48.5 Å². The highest BCUT2D eigenvalue weighted by Crippen LogP contribution is 2.22. The highest BCUT2D eigenvalue weighted by Gasteiger charge is 2.11. The van der Waals surface area contributed by atoms with Gasteiger partial charge in [-0.1, -0.05) is 24.3 Å². The zero-order valence-corrected chi connectivity index (χ0v) is 11.8. The van der Waals surface area contributed by atoms with Gasteiger partial charge in [0.05, 0.1) is 16.6 Å². The highest BCUT2D eigenvalue weighted by atomic mass is 32.1. The number of hydrogen-bond donors (Lipinski definition) is 3. The van der Waals surface area contributed by atoms with Crippen LogP contribution in [0.5, 0.6) is 0 Å². The third-order valence-electron chi connectivity index (χ3n) is 3.10. The van der Waals surface area contributed by atoms with Crippen molar-refractivity contribution in [3.05, 3.63) is 54.1 Å². The molecular weight excluding hydrogens is 284 g/mol. The average molecular weight is 296 g/mol. The number of carbonyl (C=O) groups excluding carboxylic acids is 1. The Hall–Kier alpha value is -2.73. The van der Waals surface area contributed by atoms with Crippen molar-refractivity contribution in [3.63, 3.8) is 0 Å². The number of nitrogens with one attached hydrogen (secondary N) is 2. The summed E-state index contributed by atoms with van der Waals surface area (Å²) in [6.07, 6.45) is 0. The van der Waals surface area contributed by atoms with Crippen LogP contribution in [0.25, 0.3) is 21.8 Å². The molecule has 2 aromatic carbocycles. The summed E-state index contributed by atoms with van der Waals surface area (Å²) in [4.78, 5) is 16.7. The predicted molar refractivity (Wildman–Crippen MR) is 86.6 cm³/mol. The van der Waals surface area contributed by atoms with Crippen molar-refractivity contribution < 1.29 is 4.79 Å². The third kappa shape index (κ3) is 2.61. The molecule has 6 heteroatoms. The minimum atomic E-state index is -0.314. The number of hydrazine groups is 1. The van der Waals surface area contributed by atoms with Crippen molar-refractivity contribution in [2.24, 2.45) is 5.73 Å². The highest BCUT2D eigenvalue weighted by molar-refractivity contribution is 7.80. The fourth-order valence-electron chi connectivity index (χ4n) is 2.18. The molecule has 0 bridgehead atoms. The van der Waals surface area contributed by atoms with Gasteiger partial charge in [0.15, 0.2) is 5.11 Å². The molecule has 0 aliphatic carbocycles. The molecule has 104 valence electrons. The minimum absolute atomic E-state index is 0.00663. The Morgan fingerprint density at radius 2 is 1.81 bits per heavy atom. The van der Waals surface area contributed by atoms with Crippen molar-refractivity contribution in [3.8, 4) is 0 Å². The van der Waals surface area contributed by atoms with Crippen LogP contribution in [0.2, 0.25) is 0 Å². The lowest BCUT2D eigenvalue weighted by atomic mass is 10.1. The van der Waals surface area contributed by atoms with Crippen molar-refractivity contribution in [1.29, 1.82) is 0 Å². The van der Waals surface area contributed by atoms with Crippen LogP contribution in [0.1, 0.15) is 10.4 Å². The van der Waals surface area contributed by atoms with E-state index < -0.39 is 0 Å². The van der Waals surface area contributed by atoms with Crippen LogP contribution in [0.4, 0.5) is 0 Å². The maximum atomic E-state index is 12.2. The van der Waals surface area contributed by atoms with Gasteiger partial charge >= 0.3 is 0 Å². The molecule has 0 aliphatic heterocycles. The number of nitrogens with two attached hydrogens (primary N) is 1. The Kier molecular flexibility index (Phi) is 3.37. The number of fused-ring (bicyclic) bond motifs is 2. The van der Waals surface area contributed by atoms with E-state index in [2.05, 4.69) is 28.1 Å². The molecule has 1 amide bonds. The number of aromatic nitrogens is 1. The van der Waals surface area contributed by atoms with E-state index in [9.17, 15) is 4.79 Å². The summed E-state index contributed by atoms with van der Waals surface area (Å²) >= 11 is 4.66. The number of nitrogens with zero attached hydrogens (tertiary/aromatic N) is 1. The van der Waals surface area contributed by atoms with E-state index in [1.807, 2.05) is 36.4 Å². The molecular formula is C15H12N4OS.